The van der Waals surface area contributed by atoms with Crippen molar-refractivity contribution < 1.29 is 14.3 Å². The molecule has 0 saturated carbocycles. The van der Waals surface area contributed by atoms with Crippen molar-refractivity contribution in [3.63, 3.8) is 0 Å². The second kappa shape index (κ2) is 15.6. The van der Waals surface area contributed by atoms with Crippen LogP contribution in [0.2, 0.25) is 0 Å². The summed E-state index contributed by atoms with van der Waals surface area (Å²) in [4.78, 5) is 11.2. The van der Waals surface area contributed by atoms with Crippen LogP contribution in [0.3, 0.4) is 0 Å². The lowest BCUT2D eigenvalue weighted by atomic mass is 9.98. The molecule has 7 heteroatoms. The van der Waals surface area contributed by atoms with Gasteiger partial charge in [-0.05, 0) is 85.2 Å². The van der Waals surface area contributed by atoms with Crippen molar-refractivity contribution in [3.05, 3.63) is 77.7 Å². The number of anilines is 2. The molecule has 0 bridgehead atoms. The van der Waals surface area contributed by atoms with E-state index >= 15 is 0 Å². The van der Waals surface area contributed by atoms with Crippen molar-refractivity contribution in [1.82, 2.24) is 0 Å². The van der Waals surface area contributed by atoms with Crippen LogP contribution in [0.25, 0.3) is 0 Å². The lowest BCUT2D eigenvalue weighted by molar-refractivity contribution is 0.138. The van der Waals surface area contributed by atoms with E-state index in [2.05, 4.69) is 66.3 Å². The number of nitrogens with zero attached hydrogens (tertiary/aromatic N) is 1. The minimum Gasteiger partial charge on any atom is -0.492 e. The standard InChI is InChI=1S/C31H41N3O3S/c1-3-19-38-28-12-13-30(34-35-2)31(21-28)32-22-25-7-4-9-26(20-25)29-11-5-10-27(23-33-29)37-18-15-24-8-6-16-36-17-14-24/h4-5,7,9-10,12-13,20-21,23-24,32,34H,3,6,8,11,14-19,22H2,1-2H3. The molecule has 2 aromatic carbocycles. The van der Waals surface area contributed by atoms with E-state index < -0.39 is 0 Å². The number of nitrogens with one attached hydrogen (secondary N) is 2. The summed E-state index contributed by atoms with van der Waals surface area (Å²) >= 11 is 1.87. The second-order valence-electron chi connectivity index (χ2n) is 9.68. The first-order valence-corrected chi connectivity index (χ1v) is 14.8. The van der Waals surface area contributed by atoms with Crippen LogP contribution in [0.5, 0.6) is 0 Å². The molecular formula is C31H41N3O3S. The first-order chi connectivity index (χ1) is 18.7. The summed E-state index contributed by atoms with van der Waals surface area (Å²) in [7, 11) is 1.63. The third kappa shape index (κ3) is 8.93. The average Bonchev–Trinajstić information content (AvgIpc) is 3.35. The lowest BCUT2D eigenvalue weighted by Crippen LogP contribution is -2.06. The highest BCUT2D eigenvalue weighted by atomic mass is 32.2. The Morgan fingerprint density at radius 3 is 2.95 bits per heavy atom. The number of allylic oxidation sites excluding steroid dienone is 2. The van der Waals surface area contributed by atoms with Crippen molar-refractivity contribution >= 4 is 28.8 Å². The highest BCUT2D eigenvalue weighted by molar-refractivity contribution is 7.99. The van der Waals surface area contributed by atoms with E-state index in [-0.39, 0.29) is 0 Å². The van der Waals surface area contributed by atoms with E-state index in [1.165, 1.54) is 16.9 Å². The summed E-state index contributed by atoms with van der Waals surface area (Å²) in [6, 6.07) is 15.0. The summed E-state index contributed by atoms with van der Waals surface area (Å²) in [6.45, 7) is 5.41. The topological polar surface area (TPSA) is 64.1 Å². The molecule has 1 unspecified atom stereocenters. The average molecular weight is 536 g/mol. The molecule has 2 N–H and O–H groups in total. The molecule has 2 aliphatic rings. The predicted molar refractivity (Wildman–Crippen MR) is 159 cm³/mol. The zero-order valence-corrected chi connectivity index (χ0v) is 23.5. The largest absolute Gasteiger partial charge is 0.492 e. The molecule has 2 aromatic rings. The van der Waals surface area contributed by atoms with Crippen molar-refractivity contribution in [1.29, 1.82) is 0 Å². The van der Waals surface area contributed by atoms with E-state index in [1.54, 1.807) is 7.11 Å². The summed E-state index contributed by atoms with van der Waals surface area (Å²) in [5.74, 6) is 2.63. The molecule has 2 aliphatic heterocycles. The number of thioether (sulfide) groups is 1. The number of hydrogen-bond acceptors (Lipinski definition) is 7. The molecule has 0 aliphatic carbocycles. The summed E-state index contributed by atoms with van der Waals surface area (Å²) in [5, 5.41) is 3.59. The van der Waals surface area contributed by atoms with E-state index in [9.17, 15) is 0 Å². The van der Waals surface area contributed by atoms with Crippen LogP contribution in [0.4, 0.5) is 11.4 Å². The van der Waals surface area contributed by atoms with Crippen molar-refractivity contribution in [2.24, 2.45) is 10.9 Å². The lowest BCUT2D eigenvalue weighted by Gasteiger charge is -2.15. The molecule has 0 radical (unpaired) electrons. The fraction of sp³-hybridized carbons (Fsp3) is 0.452. The Hall–Kier alpha value is -2.74. The number of aliphatic imine (C=N–C) groups is 1. The van der Waals surface area contributed by atoms with Crippen LogP contribution in [-0.2, 0) is 20.9 Å². The van der Waals surface area contributed by atoms with Gasteiger partial charge < -0.3 is 14.8 Å². The van der Waals surface area contributed by atoms with Crippen molar-refractivity contribution in [2.45, 2.75) is 56.9 Å². The molecule has 0 amide bonds. The van der Waals surface area contributed by atoms with Gasteiger partial charge in [0.15, 0.2) is 0 Å². The first-order valence-electron chi connectivity index (χ1n) is 13.8. The van der Waals surface area contributed by atoms with Gasteiger partial charge in [-0.25, -0.2) is 0 Å². The molecular weight excluding hydrogens is 494 g/mol. The van der Waals surface area contributed by atoms with Crippen molar-refractivity contribution in [3.8, 4) is 0 Å². The van der Waals surface area contributed by atoms with Gasteiger partial charge in [0.25, 0.3) is 0 Å². The van der Waals surface area contributed by atoms with Gasteiger partial charge >= 0.3 is 0 Å². The highest BCUT2D eigenvalue weighted by Gasteiger charge is 2.13. The van der Waals surface area contributed by atoms with Crippen molar-refractivity contribution in [2.75, 3.05) is 43.5 Å². The molecule has 0 aromatic heterocycles. The van der Waals surface area contributed by atoms with Gasteiger partial charge in [-0.2, -0.15) is 0 Å². The molecule has 6 nitrogen and oxygen atoms in total. The Balaban J connectivity index is 1.36. The number of benzene rings is 2. The van der Waals surface area contributed by atoms with Gasteiger partial charge in [0.1, 0.15) is 5.76 Å². The maximum atomic E-state index is 6.07. The van der Waals surface area contributed by atoms with E-state index in [0.29, 0.717) is 12.5 Å². The smallest absolute Gasteiger partial charge is 0.137 e. The maximum Gasteiger partial charge on any atom is 0.137 e. The Kier molecular flexibility index (Phi) is 11.6. The Bertz CT molecular complexity index is 1110. The van der Waals surface area contributed by atoms with Gasteiger partial charge in [-0.1, -0.05) is 31.2 Å². The Morgan fingerprint density at radius 2 is 2.05 bits per heavy atom. The zero-order chi connectivity index (χ0) is 26.4. The highest BCUT2D eigenvalue weighted by Crippen LogP contribution is 2.29. The van der Waals surface area contributed by atoms with E-state index in [0.717, 1.165) is 86.1 Å². The molecule has 2 heterocycles. The first kappa shape index (κ1) is 28.3. The predicted octanol–water partition coefficient (Wildman–Crippen LogP) is 7.59. The zero-order valence-electron chi connectivity index (χ0n) is 22.7. The van der Waals surface area contributed by atoms with Gasteiger partial charge in [0, 0.05) is 31.1 Å². The minimum absolute atomic E-state index is 0.696. The molecule has 38 heavy (non-hydrogen) atoms. The van der Waals surface area contributed by atoms with Gasteiger partial charge in [0.2, 0.25) is 0 Å². The third-order valence-electron chi connectivity index (χ3n) is 6.73. The number of hydrogen-bond donors (Lipinski definition) is 2. The SMILES string of the molecule is CCCSc1ccc(NOC)c(NCc2cccc(C3=NC=C(OCCC4CCCOCC4)C=CC3)c2)c1. The van der Waals surface area contributed by atoms with Gasteiger partial charge in [0.05, 0.1) is 37.0 Å². The van der Waals surface area contributed by atoms with Crippen LogP contribution in [0, 0.1) is 5.92 Å². The van der Waals surface area contributed by atoms with Crippen LogP contribution in [0.1, 0.15) is 56.6 Å². The molecule has 1 saturated heterocycles. The Labute approximate surface area is 231 Å². The van der Waals surface area contributed by atoms with Gasteiger partial charge in [-0.3, -0.25) is 15.3 Å². The Morgan fingerprint density at radius 1 is 1.11 bits per heavy atom. The summed E-state index contributed by atoms with van der Waals surface area (Å²) < 4.78 is 11.6. The minimum atomic E-state index is 0.696. The van der Waals surface area contributed by atoms with Crippen LogP contribution in [0.15, 0.2) is 76.5 Å². The number of ether oxygens (including phenoxy) is 2. The maximum absolute atomic E-state index is 6.07. The van der Waals surface area contributed by atoms with E-state index in [1.807, 2.05) is 24.0 Å². The molecule has 204 valence electrons. The fourth-order valence-corrected chi connectivity index (χ4v) is 5.45. The summed E-state index contributed by atoms with van der Waals surface area (Å²) in [5.41, 5.74) is 8.30. The van der Waals surface area contributed by atoms with E-state index in [4.69, 9.17) is 19.3 Å². The monoisotopic (exact) mass is 535 g/mol. The van der Waals surface area contributed by atoms with Gasteiger partial charge in [-0.15, -0.1) is 11.8 Å². The quantitative estimate of drug-likeness (QED) is 0.204. The fourth-order valence-electron chi connectivity index (χ4n) is 4.64. The molecule has 1 fully saturated rings. The van der Waals surface area contributed by atoms with Crippen LogP contribution >= 0.6 is 11.8 Å². The summed E-state index contributed by atoms with van der Waals surface area (Å²) in [6.07, 6.45) is 12.6. The molecule has 0 spiro atoms. The van der Waals surface area contributed by atoms with Crippen LogP contribution in [-0.4, -0.2) is 38.4 Å². The molecule has 4 rings (SSSR count). The third-order valence-corrected chi connectivity index (χ3v) is 7.93. The molecule has 1 atom stereocenters. The number of rotatable bonds is 13. The second-order valence-corrected chi connectivity index (χ2v) is 10.8. The normalized spacial score (nSPS) is 17.7. The van der Waals surface area contributed by atoms with Crippen LogP contribution < -0.4 is 10.8 Å².